The molecule has 0 spiro atoms. The van der Waals surface area contributed by atoms with Crippen molar-refractivity contribution in [2.75, 3.05) is 19.7 Å². The Morgan fingerprint density at radius 1 is 1.12 bits per heavy atom. The van der Waals surface area contributed by atoms with Gasteiger partial charge in [0, 0.05) is 12.6 Å². The zero-order chi connectivity index (χ0) is 12.3. The smallest absolute Gasteiger partial charge is 0.234 e. The number of aliphatic hydroxyl groups excluding tert-OH is 1. The summed E-state index contributed by atoms with van der Waals surface area (Å²) in [5.41, 5.74) is 0. The van der Waals surface area contributed by atoms with Gasteiger partial charge in [0.25, 0.3) is 0 Å². The first kappa shape index (κ1) is 14.5. The standard InChI is InChI=1S/C13H26N2O2/c16-10-6-5-9-14-11-13(17)15-12-7-3-1-2-4-8-12/h12,14,16H,1-11H2,(H,15,17). The van der Waals surface area contributed by atoms with Crippen LogP contribution in [0.3, 0.4) is 0 Å². The molecular weight excluding hydrogens is 216 g/mol. The van der Waals surface area contributed by atoms with Crippen molar-refractivity contribution >= 4 is 5.91 Å². The van der Waals surface area contributed by atoms with Crippen LogP contribution in [0.5, 0.6) is 0 Å². The van der Waals surface area contributed by atoms with Gasteiger partial charge in [0.05, 0.1) is 6.54 Å². The third-order valence-corrected chi connectivity index (χ3v) is 3.27. The first-order valence-electron chi connectivity index (χ1n) is 6.94. The van der Waals surface area contributed by atoms with Crippen LogP contribution in [-0.2, 0) is 4.79 Å². The Hall–Kier alpha value is -0.610. The second kappa shape index (κ2) is 9.42. The van der Waals surface area contributed by atoms with Crippen LogP contribution < -0.4 is 10.6 Å². The van der Waals surface area contributed by atoms with Crippen molar-refractivity contribution in [3.05, 3.63) is 0 Å². The second-order valence-electron chi connectivity index (χ2n) is 4.86. The van der Waals surface area contributed by atoms with E-state index in [2.05, 4.69) is 10.6 Å². The van der Waals surface area contributed by atoms with Crippen LogP contribution in [0.15, 0.2) is 0 Å². The van der Waals surface area contributed by atoms with Gasteiger partial charge in [-0.2, -0.15) is 0 Å². The maximum absolute atomic E-state index is 11.6. The summed E-state index contributed by atoms with van der Waals surface area (Å²) in [5, 5.41) is 14.8. The van der Waals surface area contributed by atoms with E-state index in [1.54, 1.807) is 0 Å². The van der Waals surface area contributed by atoms with Crippen LogP contribution in [0.4, 0.5) is 0 Å². The topological polar surface area (TPSA) is 61.4 Å². The molecule has 1 saturated carbocycles. The fraction of sp³-hybridized carbons (Fsp3) is 0.923. The van der Waals surface area contributed by atoms with Gasteiger partial charge in [0.1, 0.15) is 0 Å². The minimum absolute atomic E-state index is 0.112. The fourth-order valence-electron chi connectivity index (χ4n) is 2.27. The Morgan fingerprint density at radius 3 is 2.47 bits per heavy atom. The molecule has 0 bridgehead atoms. The molecule has 1 aliphatic rings. The molecule has 1 aliphatic carbocycles. The molecule has 0 saturated heterocycles. The van der Waals surface area contributed by atoms with Crippen molar-refractivity contribution in [2.24, 2.45) is 0 Å². The lowest BCUT2D eigenvalue weighted by molar-refractivity contribution is -0.121. The number of nitrogens with one attached hydrogen (secondary N) is 2. The molecule has 1 fully saturated rings. The van der Waals surface area contributed by atoms with Gasteiger partial charge >= 0.3 is 0 Å². The van der Waals surface area contributed by atoms with E-state index in [1.165, 1.54) is 25.7 Å². The van der Waals surface area contributed by atoms with Crippen molar-refractivity contribution in [1.82, 2.24) is 10.6 Å². The van der Waals surface area contributed by atoms with Crippen molar-refractivity contribution in [3.63, 3.8) is 0 Å². The third-order valence-electron chi connectivity index (χ3n) is 3.27. The zero-order valence-corrected chi connectivity index (χ0v) is 10.7. The molecule has 1 amide bonds. The molecule has 0 unspecified atom stereocenters. The highest BCUT2D eigenvalue weighted by Gasteiger charge is 2.13. The number of aliphatic hydroxyl groups is 1. The summed E-state index contributed by atoms with van der Waals surface area (Å²) >= 11 is 0. The van der Waals surface area contributed by atoms with Crippen LogP contribution in [0.25, 0.3) is 0 Å². The largest absolute Gasteiger partial charge is 0.396 e. The Labute approximate surface area is 104 Å². The van der Waals surface area contributed by atoms with Gasteiger partial charge in [-0.15, -0.1) is 0 Å². The van der Waals surface area contributed by atoms with E-state index >= 15 is 0 Å². The minimum Gasteiger partial charge on any atom is -0.396 e. The summed E-state index contributed by atoms with van der Waals surface area (Å²) in [6, 6.07) is 0.393. The predicted molar refractivity (Wildman–Crippen MR) is 68.8 cm³/mol. The van der Waals surface area contributed by atoms with Crippen LogP contribution >= 0.6 is 0 Å². The maximum Gasteiger partial charge on any atom is 0.234 e. The summed E-state index contributed by atoms with van der Waals surface area (Å²) in [6.07, 6.45) is 9.11. The van der Waals surface area contributed by atoms with Gasteiger partial charge in [-0.3, -0.25) is 4.79 Å². The number of unbranched alkanes of at least 4 members (excludes halogenated alkanes) is 1. The van der Waals surface area contributed by atoms with E-state index < -0.39 is 0 Å². The number of carbonyl (C=O) groups excluding carboxylic acids is 1. The van der Waals surface area contributed by atoms with Gasteiger partial charge in [-0.05, 0) is 32.2 Å². The molecule has 3 N–H and O–H groups in total. The average molecular weight is 242 g/mol. The van der Waals surface area contributed by atoms with E-state index in [0.29, 0.717) is 12.6 Å². The van der Waals surface area contributed by atoms with Gasteiger partial charge < -0.3 is 15.7 Å². The summed E-state index contributed by atoms with van der Waals surface area (Å²) in [4.78, 5) is 11.6. The third kappa shape index (κ3) is 7.34. The van der Waals surface area contributed by atoms with E-state index in [-0.39, 0.29) is 12.5 Å². The van der Waals surface area contributed by atoms with Crippen LogP contribution in [0, 0.1) is 0 Å². The summed E-state index contributed by atoms with van der Waals surface area (Å²) < 4.78 is 0. The predicted octanol–water partition coefficient (Wildman–Crippen LogP) is 1.19. The summed E-state index contributed by atoms with van der Waals surface area (Å²) in [5.74, 6) is 0.112. The minimum atomic E-state index is 0.112. The first-order chi connectivity index (χ1) is 8.33. The highest BCUT2D eigenvalue weighted by molar-refractivity contribution is 5.78. The number of carbonyl (C=O) groups is 1. The summed E-state index contributed by atoms with van der Waals surface area (Å²) in [6.45, 7) is 1.44. The van der Waals surface area contributed by atoms with Gasteiger partial charge in [-0.25, -0.2) is 0 Å². The van der Waals surface area contributed by atoms with E-state index in [4.69, 9.17) is 5.11 Å². The molecule has 0 aliphatic heterocycles. The molecular formula is C13H26N2O2. The first-order valence-corrected chi connectivity index (χ1v) is 6.94. The number of rotatable bonds is 7. The van der Waals surface area contributed by atoms with Crippen LogP contribution in [0.2, 0.25) is 0 Å². The van der Waals surface area contributed by atoms with E-state index in [9.17, 15) is 4.79 Å². The molecule has 4 nitrogen and oxygen atoms in total. The molecule has 0 radical (unpaired) electrons. The van der Waals surface area contributed by atoms with Gasteiger partial charge in [-0.1, -0.05) is 25.7 Å². The van der Waals surface area contributed by atoms with Crippen LogP contribution in [-0.4, -0.2) is 36.8 Å². The Kier molecular flexibility index (Phi) is 8.01. The monoisotopic (exact) mass is 242 g/mol. The molecule has 0 aromatic rings. The molecule has 0 aromatic heterocycles. The number of hydrogen-bond donors (Lipinski definition) is 3. The quantitative estimate of drug-likeness (QED) is 0.464. The van der Waals surface area contributed by atoms with Gasteiger partial charge in [0.15, 0.2) is 0 Å². The Morgan fingerprint density at radius 2 is 1.82 bits per heavy atom. The lowest BCUT2D eigenvalue weighted by atomic mass is 10.1. The molecule has 17 heavy (non-hydrogen) atoms. The summed E-state index contributed by atoms with van der Waals surface area (Å²) in [7, 11) is 0. The second-order valence-corrected chi connectivity index (χ2v) is 4.86. The Bertz CT molecular complexity index is 202. The molecule has 0 atom stereocenters. The normalized spacial score (nSPS) is 17.7. The highest BCUT2D eigenvalue weighted by atomic mass is 16.2. The van der Waals surface area contributed by atoms with Crippen molar-refractivity contribution < 1.29 is 9.90 Å². The number of hydrogen-bond acceptors (Lipinski definition) is 3. The average Bonchev–Trinajstić information content (AvgIpc) is 2.57. The van der Waals surface area contributed by atoms with Crippen molar-refractivity contribution in [3.8, 4) is 0 Å². The fourth-order valence-corrected chi connectivity index (χ4v) is 2.27. The van der Waals surface area contributed by atoms with Crippen molar-refractivity contribution in [2.45, 2.75) is 57.4 Å². The highest BCUT2D eigenvalue weighted by Crippen LogP contribution is 2.16. The van der Waals surface area contributed by atoms with Crippen molar-refractivity contribution in [1.29, 1.82) is 0 Å². The van der Waals surface area contributed by atoms with E-state index in [0.717, 1.165) is 32.2 Å². The Balaban J connectivity index is 2.03. The van der Waals surface area contributed by atoms with E-state index in [1.807, 2.05) is 0 Å². The number of amides is 1. The molecule has 100 valence electrons. The maximum atomic E-state index is 11.6. The lowest BCUT2D eigenvalue weighted by Gasteiger charge is -2.16. The SMILES string of the molecule is O=C(CNCCCCO)NC1CCCCCC1. The molecule has 1 rings (SSSR count). The van der Waals surface area contributed by atoms with Gasteiger partial charge in [0.2, 0.25) is 5.91 Å². The molecule has 0 aromatic carbocycles. The lowest BCUT2D eigenvalue weighted by Crippen LogP contribution is -2.40. The molecule has 4 heteroatoms. The zero-order valence-electron chi connectivity index (χ0n) is 10.7. The van der Waals surface area contributed by atoms with Crippen LogP contribution in [0.1, 0.15) is 51.4 Å². The molecule has 0 heterocycles.